The molecule has 1 heterocycles. The Kier molecular flexibility index (Phi) is 3.59. The SMILES string of the molecule is CCOC(=O)C(F)n1c(=O)c(C)nc2ccccc21. The summed E-state index contributed by atoms with van der Waals surface area (Å²) in [6.45, 7) is 3.10. The molecule has 1 aromatic heterocycles. The van der Waals surface area contributed by atoms with Crippen molar-refractivity contribution in [3.8, 4) is 0 Å². The first-order valence-corrected chi connectivity index (χ1v) is 5.85. The van der Waals surface area contributed by atoms with Crippen molar-refractivity contribution in [2.75, 3.05) is 6.61 Å². The van der Waals surface area contributed by atoms with E-state index in [1.54, 1.807) is 25.1 Å². The summed E-state index contributed by atoms with van der Waals surface area (Å²) in [6.07, 6.45) is -2.17. The van der Waals surface area contributed by atoms with Crippen LogP contribution in [0.1, 0.15) is 18.9 Å². The molecule has 0 amide bonds. The molecule has 0 aliphatic rings. The molecule has 19 heavy (non-hydrogen) atoms. The number of ether oxygens (including phenoxy) is 1. The lowest BCUT2D eigenvalue weighted by atomic mass is 10.2. The van der Waals surface area contributed by atoms with Crippen LogP contribution in [-0.4, -0.2) is 22.1 Å². The molecular formula is C13H13FN2O3. The number of carbonyl (C=O) groups is 1. The molecule has 0 radical (unpaired) electrons. The smallest absolute Gasteiger partial charge is 0.362 e. The zero-order valence-corrected chi connectivity index (χ0v) is 10.6. The van der Waals surface area contributed by atoms with E-state index in [0.29, 0.717) is 5.52 Å². The van der Waals surface area contributed by atoms with Crippen LogP contribution in [0.2, 0.25) is 0 Å². The Balaban J connectivity index is 2.67. The number of aromatic nitrogens is 2. The van der Waals surface area contributed by atoms with Gasteiger partial charge in [0.05, 0.1) is 17.6 Å². The summed E-state index contributed by atoms with van der Waals surface area (Å²) in [6, 6.07) is 6.56. The number of carbonyl (C=O) groups excluding carboxylic acids is 1. The van der Waals surface area contributed by atoms with Gasteiger partial charge >= 0.3 is 5.97 Å². The summed E-state index contributed by atoms with van der Waals surface area (Å²) in [5.41, 5.74) is 0.204. The van der Waals surface area contributed by atoms with Crippen molar-refractivity contribution >= 4 is 17.0 Å². The highest BCUT2D eigenvalue weighted by atomic mass is 19.1. The lowest BCUT2D eigenvalue weighted by Crippen LogP contribution is -2.31. The van der Waals surface area contributed by atoms with Crippen molar-refractivity contribution in [1.29, 1.82) is 0 Å². The van der Waals surface area contributed by atoms with Crippen LogP contribution in [0.5, 0.6) is 0 Å². The van der Waals surface area contributed by atoms with Gasteiger partial charge < -0.3 is 4.74 Å². The van der Waals surface area contributed by atoms with E-state index in [1.807, 2.05) is 0 Å². The minimum atomic E-state index is -2.17. The summed E-state index contributed by atoms with van der Waals surface area (Å²) in [7, 11) is 0. The first kappa shape index (κ1) is 13.2. The highest BCUT2D eigenvalue weighted by Gasteiger charge is 2.24. The van der Waals surface area contributed by atoms with E-state index in [1.165, 1.54) is 13.0 Å². The summed E-state index contributed by atoms with van der Waals surface area (Å²) >= 11 is 0. The number of alkyl halides is 1. The molecule has 0 spiro atoms. The van der Waals surface area contributed by atoms with Crippen LogP contribution in [0, 0.1) is 6.92 Å². The molecular weight excluding hydrogens is 251 g/mol. The zero-order chi connectivity index (χ0) is 14.0. The Hall–Kier alpha value is -2.24. The van der Waals surface area contributed by atoms with Gasteiger partial charge in [0.1, 0.15) is 5.69 Å². The molecule has 6 heteroatoms. The molecule has 1 aromatic carbocycles. The van der Waals surface area contributed by atoms with Gasteiger partial charge in [-0.1, -0.05) is 12.1 Å². The average molecular weight is 264 g/mol. The largest absolute Gasteiger partial charge is 0.462 e. The van der Waals surface area contributed by atoms with E-state index in [9.17, 15) is 14.0 Å². The number of nitrogens with zero attached hydrogens (tertiary/aromatic N) is 2. The fourth-order valence-corrected chi connectivity index (χ4v) is 1.82. The molecule has 0 saturated carbocycles. The highest BCUT2D eigenvalue weighted by Crippen LogP contribution is 2.17. The van der Waals surface area contributed by atoms with Gasteiger partial charge in [-0.3, -0.25) is 9.36 Å². The van der Waals surface area contributed by atoms with Crippen molar-refractivity contribution in [2.45, 2.75) is 20.1 Å². The number of esters is 1. The maximum atomic E-state index is 14.1. The van der Waals surface area contributed by atoms with Crippen molar-refractivity contribution in [2.24, 2.45) is 0 Å². The summed E-state index contributed by atoms with van der Waals surface area (Å²) in [5.74, 6) is -1.08. The quantitative estimate of drug-likeness (QED) is 0.792. The number of halogens is 1. The number of hydrogen-bond donors (Lipinski definition) is 0. The Morgan fingerprint density at radius 3 is 2.84 bits per heavy atom. The molecule has 100 valence electrons. The first-order valence-electron chi connectivity index (χ1n) is 5.85. The topological polar surface area (TPSA) is 61.2 Å². The molecule has 0 saturated heterocycles. The minimum absolute atomic E-state index is 0.0516. The van der Waals surface area contributed by atoms with E-state index >= 15 is 0 Å². The minimum Gasteiger partial charge on any atom is -0.462 e. The Labute approximate surface area is 108 Å². The summed E-state index contributed by atoms with van der Waals surface area (Å²) in [4.78, 5) is 27.5. The molecule has 1 atom stereocenters. The second-order valence-electron chi connectivity index (χ2n) is 3.95. The van der Waals surface area contributed by atoms with Crippen molar-refractivity contribution in [3.05, 3.63) is 40.3 Å². The number of para-hydroxylation sites is 2. The Morgan fingerprint density at radius 1 is 1.47 bits per heavy atom. The van der Waals surface area contributed by atoms with Gasteiger partial charge in [-0.2, -0.15) is 0 Å². The van der Waals surface area contributed by atoms with Gasteiger partial charge in [0.15, 0.2) is 0 Å². The first-order chi connectivity index (χ1) is 9.06. The second kappa shape index (κ2) is 5.17. The molecule has 5 nitrogen and oxygen atoms in total. The molecule has 2 aromatic rings. The Morgan fingerprint density at radius 2 is 2.16 bits per heavy atom. The highest BCUT2D eigenvalue weighted by molar-refractivity contribution is 5.79. The van der Waals surface area contributed by atoms with E-state index in [-0.39, 0.29) is 17.8 Å². The van der Waals surface area contributed by atoms with Crippen LogP contribution < -0.4 is 5.56 Å². The molecule has 0 fully saturated rings. The van der Waals surface area contributed by atoms with Gasteiger partial charge in [-0.25, -0.2) is 14.2 Å². The maximum Gasteiger partial charge on any atom is 0.362 e. The van der Waals surface area contributed by atoms with Gasteiger partial charge in [0.2, 0.25) is 0 Å². The summed E-state index contributed by atoms with van der Waals surface area (Å²) < 4.78 is 19.5. The molecule has 0 bridgehead atoms. The lowest BCUT2D eigenvalue weighted by molar-refractivity contribution is -0.152. The molecule has 0 aliphatic heterocycles. The van der Waals surface area contributed by atoms with Crippen LogP contribution in [-0.2, 0) is 9.53 Å². The maximum absolute atomic E-state index is 14.1. The van der Waals surface area contributed by atoms with Crippen LogP contribution in [0.3, 0.4) is 0 Å². The van der Waals surface area contributed by atoms with Crippen LogP contribution >= 0.6 is 0 Å². The van der Waals surface area contributed by atoms with Crippen LogP contribution in [0.25, 0.3) is 11.0 Å². The average Bonchev–Trinajstić information content (AvgIpc) is 2.40. The predicted octanol–water partition coefficient (Wildman–Crippen LogP) is 1.74. The van der Waals surface area contributed by atoms with Gasteiger partial charge in [0.25, 0.3) is 11.9 Å². The Bertz CT molecular complexity index is 681. The second-order valence-corrected chi connectivity index (χ2v) is 3.95. The fraction of sp³-hybridized carbons (Fsp3) is 0.308. The zero-order valence-electron chi connectivity index (χ0n) is 10.6. The third-order valence-electron chi connectivity index (χ3n) is 2.67. The van der Waals surface area contributed by atoms with Crippen molar-refractivity contribution in [1.82, 2.24) is 9.55 Å². The monoisotopic (exact) mass is 264 g/mol. The molecule has 2 rings (SSSR count). The summed E-state index contributed by atoms with van der Waals surface area (Å²) in [5, 5.41) is 0. The fourth-order valence-electron chi connectivity index (χ4n) is 1.82. The van der Waals surface area contributed by atoms with Crippen molar-refractivity contribution < 1.29 is 13.9 Å². The number of benzene rings is 1. The molecule has 0 aliphatic carbocycles. The number of fused-ring (bicyclic) bond motifs is 1. The van der Waals surface area contributed by atoms with Crippen molar-refractivity contribution in [3.63, 3.8) is 0 Å². The number of rotatable bonds is 3. The van der Waals surface area contributed by atoms with E-state index in [4.69, 9.17) is 0 Å². The number of aryl methyl sites for hydroxylation is 1. The lowest BCUT2D eigenvalue weighted by Gasteiger charge is -2.14. The predicted molar refractivity (Wildman–Crippen MR) is 67.5 cm³/mol. The van der Waals surface area contributed by atoms with Crippen LogP contribution in [0.4, 0.5) is 4.39 Å². The van der Waals surface area contributed by atoms with E-state index in [0.717, 1.165) is 4.57 Å². The molecule has 0 N–H and O–H groups in total. The third kappa shape index (κ3) is 2.33. The normalized spacial score (nSPS) is 12.4. The number of hydrogen-bond acceptors (Lipinski definition) is 4. The standard InChI is InChI=1S/C13H13FN2O3/c1-3-19-13(18)11(14)16-10-7-5-4-6-9(10)15-8(2)12(16)17/h4-7,11H,3H2,1-2H3. The third-order valence-corrected chi connectivity index (χ3v) is 2.67. The van der Waals surface area contributed by atoms with Gasteiger partial charge in [-0.05, 0) is 26.0 Å². The van der Waals surface area contributed by atoms with E-state index in [2.05, 4.69) is 9.72 Å². The van der Waals surface area contributed by atoms with Gasteiger partial charge in [0, 0.05) is 0 Å². The van der Waals surface area contributed by atoms with Crippen LogP contribution in [0.15, 0.2) is 29.1 Å². The molecule has 1 unspecified atom stereocenters. The van der Waals surface area contributed by atoms with Gasteiger partial charge in [-0.15, -0.1) is 0 Å². The van der Waals surface area contributed by atoms with E-state index < -0.39 is 17.8 Å².